The summed E-state index contributed by atoms with van der Waals surface area (Å²) in [6, 6.07) is 2.07. The lowest BCUT2D eigenvalue weighted by atomic mass is 9.75. The molecule has 3 N–H and O–H groups in total. The molecule has 1 saturated heterocycles. The first-order chi connectivity index (χ1) is 9.86. The van der Waals surface area contributed by atoms with Gasteiger partial charge in [-0.3, -0.25) is 9.59 Å². The zero-order chi connectivity index (χ0) is 15.6. The number of anilines is 1. The minimum absolute atomic E-state index is 0.139. The van der Waals surface area contributed by atoms with Crippen LogP contribution in [0, 0.1) is 11.6 Å². The van der Waals surface area contributed by atoms with Crippen molar-refractivity contribution in [2.24, 2.45) is 0 Å². The Morgan fingerprint density at radius 1 is 1.38 bits per heavy atom. The van der Waals surface area contributed by atoms with Crippen molar-refractivity contribution in [1.82, 2.24) is 5.32 Å². The van der Waals surface area contributed by atoms with E-state index >= 15 is 0 Å². The summed E-state index contributed by atoms with van der Waals surface area (Å²) in [6.07, 6.45) is 1.45. The molecule has 1 fully saturated rings. The van der Waals surface area contributed by atoms with Crippen molar-refractivity contribution >= 4 is 17.6 Å². The Morgan fingerprint density at radius 3 is 2.62 bits per heavy atom. The number of carbonyl (C=O) groups is 2. The second-order valence-corrected chi connectivity index (χ2v) is 5.15. The highest BCUT2D eigenvalue weighted by atomic mass is 19.1. The number of piperidine rings is 1. The molecule has 7 heteroatoms. The van der Waals surface area contributed by atoms with Crippen LogP contribution >= 0.6 is 0 Å². The monoisotopic (exact) mass is 298 g/mol. The van der Waals surface area contributed by atoms with Gasteiger partial charge in [0, 0.05) is 19.5 Å². The lowest BCUT2D eigenvalue weighted by molar-refractivity contribution is -0.134. The maximum Gasteiger partial charge on any atom is 0.300 e. The predicted octanol–water partition coefficient (Wildman–Crippen LogP) is 1.63. The molecule has 1 amide bonds. The number of rotatable bonds is 0. The molecule has 21 heavy (non-hydrogen) atoms. The van der Waals surface area contributed by atoms with Gasteiger partial charge in [0.05, 0.1) is 11.1 Å². The Labute approximate surface area is 120 Å². The average molecular weight is 298 g/mol. The van der Waals surface area contributed by atoms with Gasteiger partial charge in [-0.2, -0.15) is 0 Å². The molecule has 5 nitrogen and oxygen atoms in total. The van der Waals surface area contributed by atoms with Gasteiger partial charge in [0.25, 0.3) is 5.97 Å². The SMILES string of the molecule is CC(=O)O.O=C1Nc2c(F)cc(F)cc2C12CCCNC2. The predicted molar refractivity (Wildman–Crippen MR) is 72.1 cm³/mol. The molecule has 2 aliphatic rings. The maximum absolute atomic E-state index is 13.6. The quantitative estimate of drug-likeness (QED) is 0.680. The Morgan fingerprint density at radius 2 is 2.05 bits per heavy atom. The molecule has 0 radical (unpaired) electrons. The fourth-order valence-electron chi connectivity index (χ4n) is 2.76. The van der Waals surface area contributed by atoms with Crippen LogP contribution in [-0.2, 0) is 15.0 Å². The van der Waals surface area contributed by atoms with Gasteiger partial charge in [0.15, 0.2) is 0 Å². The van der Waals surface area contributed by atoms with Gasteiger partial charge in [-0.15, -0.1) is 0 Å². The summed E-state index contributed by atoms with van der Waals surface area (Å²) in [5.41, 5.74) is -0.205. The first kappa shape index (κ1) is 15.4. The summed E-state index contributed by atoms with van der Waals surface area (Å²) >= 11 is 0. The lowest BCUT2D eigenvalue weighted by Crippen LogP contribution is -2.47. The maximum atomic E-state index is 13.6. The van der Waals surface area contributed by atoms with Crippen molar-refractivity contribution in [2.45, 2.75) is 25.2 Å². The van der Waals surface area contributed by atoms with Crippen molar-refractivity contribution in [3.05, 3.63) is 29.3 Å². The minimum Gasteiger partial charge on any atom is -0.481 e. The van der Waals surface area contributed by atoms with Crippen LogP contribution in [-0.4, -0.2) is 30.1 Å². The number of carbonyl (C=O) groups excluding carboxylic acids is 1. The van der Waals surface area contributed by atoms with E-state index in [0.717, 1.165) is 26.0 Å². The normalized spacial score (nSPS) is 23.1. The van der Waals surface area contributed by atoms with Gasteiger partial charge in [-0.1, -0.05) is 0 Å². The van der Waals surface area contributed by atoms with Gasteiger partial charge < -0.3 is 15.7 Å². The van der Waals surface area contributed by atoms with Gasteiger partial charge in [0.1, 0.15) is 11.6 Å². The van der Waals surface area contributed by atoms with Crippen LogP contribution in [0.3, 0.4) is 0 Å². The van der Waals surface area contributed by atoms with Crippen LogP contribution in [0.4, 0.5) is 14.5 Å². The fraction of sp³-hybridized carbons (Fsp3) is 0.429. The molecule has 0 saturated carbocycles. The summed E-state index contributed by atoms with van der Waals surface area (Å²) < 4.78 is 26.9. The number of halogens is 2. The largest absolute Gasteiger partial charge is 0.481 e. The van der Waals surface area contributed by atoms with Crippen molar-refractivity contribution in [1.29, 1.82) is 0 Å². The summed E-state index contributed by atoms with van der Waals surface area (Å²) in [4.78, 5) is 21.0. The second kappa shape index (κ2) is 5.77. The standard InChI is InChI=1S/C12H12F2N2O.C2H4O2/c13-7-4-8-10(9(14)5-7)16-11(17)12(8)2-1-3-15-6-12;1-2(3)4/h4-5,15H,1-3,6H2,(H,16,17);1H3,(H,3,4). The smallest absolute Gasteiger partial charge is 0.300 e. The first-order valence-corrected chi connectivity index (χ1v) is 6.58. The Hall–Kier alpha value is -2.02. The molecule has 3 rings (SSSR count). The van der Waals surface area contributed by atoms with E-state index < -0.39 is 23.0 Å². The van der Waals surface area contributed by atoms with E-state index in [4.69, 9.17) is 9.90 Å². The van der Waals surface area contributed by atoms with Crippen molar-refractivity contribution < 1.29 is 23.5 Å². The number of hydrogen-bond acceptors (Lipinski definition) is 3. The third kappa shape index (κ3) is 2.87. The van der Waals surface area contributed by atoms with E-state index in [9.17, 15) is 13.6 Å². The molecule has 2 aliphatic heterocycles. The van der Waals surface area contributed by atoms with E-state index in [1.807, 2.05) is 0 Å². The van der Waals surface area contributed by atoms with Crippen molar-refractivity contribution in [3.63, 3.8) is 0 Å². The number of amides is 1. The molecule has 0 bridgehead atoms. The molecule has 1 aromatic carbocycles. The Bertz CT molecular complexity index is 580. The molecule has 1 atom stereocenters. The summed E-state index contributed by atoms with van der Waals surface area (Å²) in [7, 11) is 0. The van der Waals surface area contributed by atoms with E-state index in [2.05, 4.69) is 10.6 Å². The minimum atomic E-state index is -0.833. The highest BCUT2D eigenvalue weighted by Gasteiger charge is 2.48. The number of nitrogens with one attached hydrogen (secondary N) is 2. The van der Waals surface area contributed by atoms with Crippen LogP contribution in [0.2, 0.25) is 0 Å². The van der Waals surface area contributed by atoms with Crippen molar-refractivity contribution in [3.8, 4) is 0 Å². The zero-order valence-electron chi connectivity index (χ0n) is 11.5. The number of hydrogen-bond donors (Lipinski definition) is 3. The van der Waals surface area contributed by atoms with Gasteiger partial charge in [-0.05, 0) is 31.0 Å². The molecule has 0 aromatic heterocycles. The Balaban J connectivity index is 0.000000361. The highest BCUT2D eigenvalue weighted by Crippen LogP contribution is 2.43. The topological polar surface area (TPSA) is 78.4 Å². The number of aliphatic carboxylic acids is 1. The number of carboxylic acid groups (broad SMARTS) is 1. The van der Waals surface area contributed by atoms with Crippen LogP contribution < -0.4 is 10.6 Å². The van der Waals surface area contributed by atoms with Crippen LogP contribution in [0.15, 0.2) is 12.1 Å². The fourth-order valence-corrected chi connectivity index (χ4v) is 2.76. The number of fused-ring (bicyclic) bond motifs is 2. The summed E-state index contributed by atoms with van der Waals surface area (Å²) in [5, 5.41) is 13.1. The molecular weight excluding hydrogens is 282 g/mol. The van der Waals surface area contributed by atoms with Crippen LogP contribution in [0.5, 0.6) is 0 Å². The Kier molecular flexibility index (Phi) is 4.22. The van der Waals surface area contributed by atoms with Crippen LogP contribution in [0.25, 0.3) is 0 Å². The number of carboxylic acids is 1. The molecule has 1 aromatic rings. The highest BCUT2D eigenvalue weighted by molar-refractivity contribution is 6.06. The third-order valence-electron chi connectivity index (χ3n) is 3.63. The molecule has 1 unspecified atom stereocenters. The van der Waals surface area contributed by atoms with Gasteiger partial charge in [-0.25, -0.2) is 8.78 Å². The summed E-state index contributed by atoms with van der Waals surface area (Å²) in [6.45, 7) is 2.36. The van der Waals surface area contributed by atoms with E-state index in [1.165, 1.54) is 6.07 Å². The second-order valence-electron chi connectivity index (χ2n) is 5.15. The van der Waals surface area contributed by atoms with Crippen molar-refractivity contribution in [2.75, 3.05) is 18.4 Å². The summed E-state index contributed by atoms with van der Waals surface area (Å²) in [5.74, 6) is -2.40. The molecule has 0 aliphatic carbocycles. The average Bonchev–Trinajstić information content (AvgIpc) is 2.65. The number of benzene rings is 1. The van der Waals surface area contributed by atoms with E-state index in [1.54, 1.807) is 0 Å². The molecular formula is C14H16F2N2O3. The van der Waals surface area contributed by atoms with E-state index in [-0.39, 0.29) is 11.6 Å². The third-order valence-corrected chi connectivity index (χ3v) is 3.63. The van der Waals surface area contributed by atoms with Gasteiger partial charge >= 0.3 is 0 Å². The van der Waals surface area contributed by atoms with Gasteiger partial charge in [0.2, 0.25) is 5.91 Å². The zero-order valence-corrected chi connectivity index (χ0v) is 11.5. The first-order valence-electron chi connectivity index (χ1n) is 6.58. The van der Waals surface area contributed by atoms with E-state index in [0.29, 0.717) is 18.5 Å². The molecule has 1 spiro atoms. The molecule has 2 heterocycles. The lowest BCUT2D eigenvalue weighted by Gasteiger charge is -2.32. The van der Waals surface area contributed by atoms with Crippen LogP contribution in [0.1, 0.15) is 25.3 Å². The molecule has 114 valence electrons.